The summed E-state index contributed by atoms with van der Waals surface area (Å²) in [6, 6.07) is 0. The van der Waals surface area contributed by atoms with Crippen molar-refractivity contribution < 1.29 is 17.9 Å². The lowest BCUT2D eigenvalue weighted by molar-refractivity contribution is 0.0607. The summed E-state index contributed by atoms with van der Waals surface area (Å²) in [5.41, 5.74) is 5.70. The number of sulfone groups is 1. The Morgan fingerprint density at radius 1 is 1.53 bits per heavy atom. The van der Waals surface area contributed by atoms with Crippen LogP contribution in [0.25, 0.3) is 0 Å². The first-order valence-corrected chi connectivity index (χ1v) is 8.35. The third-order valence-electron chi connectivity index (χ3n) is 1.89. The molecule has 0 amide bonds. The van der Waals surface area contributed by atoms with E-state index in [1.807, 2.05) is 6.92 Å². The first-order chi connectivity index (χ1) is 7.82. The molecule has 1 aromatic rings. The quantitative estimate of drug-likeness (QED) is 0.671. The van der Waals surface area contributed by atoms with Crippen molar-refractivity contribution in [2.24, 2.45) is 0 Å². The molecule has 0 fully saturated rings. The molecule has 0 bridgehead atoms. The summed E-state index contributed by atoms with van der Waals surface area (Å²) in [5, 5.41) is 0. The molecule has 96 valence electrons. The third kappa shape index (κ3) is 2.93. The minimum atomic E-state index is -3.45. The SMILES string of the molecule is CCSc1sc(C(=O)OC)c(N)c1S(C)(=O)=O. The molecular formula is C9H13NO4S3. The average Bonchev–Trinajstić information content (AvgIpc) is 2.54. The Morgan fingerprint density at radius 2 is 2.12 bits per heavy atom. The molecule has 1 heterocycles. The first-order valence-electron chi connectivity index (χ1n) is 4.66. The Morgan fingerprint density at radius 3 is 2.53 bits per heavy atom. The molecule has 0 saturated carbocycles. The van der Waals surface area contributed by atoms with Crippen LogP contribution >= 0.6 is 23.1 Å². The van der Waals surface area contributed by atoms with Gasteiger partial charge >= 0.3 is 5.97 Å². The Kier molecular flexibility index (Phi) is 4.45. The van der Waals surface area contributed by atoms with E-state index in [0.29, 0.717) is 9.96 Å². The van der Waals surface area contributed by atoms with Gasteiger partial charge in [-0.25, -0.2) is 13.2 Å². The fourth-order valence-electron chi connectivity index (χ4n) is 1.23. The summed E-state index contributed by atoms with van der Waals surface area (Å²) in [7, 11) is -2.22. The molecule has 0 unspecified atom stereocenters. The number of ether oxygens (including phenoxy) is 1. The van der Waals surface area contributed by atoms with Gasteiger partial charge in [0, 0.05) is 6.26 Å². The second kappa shape index (κ2) is 5.28. The fraction of sp³-hybridized carbons (Fsp3) is 0.444. The van der Waals surface area contributed by atoms with E-state index in [2.05, 4.69) is 4.74 Å². The number of rotatable bonds is 4. The van der Waals surface area contributed by atoms with Crippen LogP contribution in [0.1, 0.15) is 16.6 Å². The summed E-state index contributed by atoms with van der Waals surface area (Å²) in [4.78, 5) is 11.6. The summed E-state index contributed by atoms with van der Waals surface area (Å²) < 4.78 is 28.4. The maximum Gasteiger partial charge on any atom is 0.350 e. The van der Waals surface area contributed by atoms with Crippen LogP contribution in [-0.2, 0) is 14.6 Å². The summed E-state index contributed by atoms with van der Waals surface area (Å²) in [6.45, 7) is 1.89. The lowest BCUT2D eigenvalue weighted by Gasteiger charge is -2.01. The maximum absolute atomic E-state index is 11.6. The molecule has 5 nitrogen and oxygen atoms in total. The zero-order chi connectivity index (χ0) is 13.2. The van der Waals surface area contributed by atoms with Crippen LogP contribution in [0.2, 0.25) is 0 Å². The van der Waals surface area contributed by atoms with Crippen LogP contribution in [0.3, 0.4) is 0 Å². The highest BCUT2D eigenvalue weighted by molar-refractivity contribution is 8.02. The molecule has 1 aromatic heterocycles. The van der Waals surface area contributed by atoms with E-state index >= 15 is 0 Å². The number of nitrogen functional groups attached to an aromatic ring is 1. The summed E-state index contributed by atoms with van der Waals surface area (Å²) in [5.74, 6) is 0.0867. The van der Waals surface area contributed by atoms with E-state index in [9.17, 15) is 13.2 Å². The Bertz CT molecular complexity index is 533. The van der Waals surface area contributed by atoms with Crippen molar-refractivity contribution >= 4 is 44.6 Å². The van der Waals surface area contributed by atoms with Crippen molar-refractivity contribution in [2.75, 3.05) is 24.9 Å². The van der Waals surface area contributed by atoms with Crippen LogP contribution in [0.4, 0.5) is 5.69 Å². The maximum atomic E-state index is 11.6. The van der Waals surface area contributed by atoms with Crippen molar-refractivity contribution in [1.29, 1.82) is 0 Å². The third-order valence-corrected chi connectivity index (χ3v) is 5.65. The number of methoxy groups -OCH3 is 1. The zero-order valence-corrected chi connectivity index (χ0v) is 12.1. The Balaban J connectivity index is 3.46. The van der Waals surface area contributed by atoms with Gasteiger partial charge in [-0.3, -0.25) is 0 Å². The molecule has 0 saturated heterocycles. The van der Waals surface area contributed by atoms with Gasteiger partial charge in [0.2, 0.25) is 0 Å². The second-order valence-corrected chi connectivity index (χ2v) is 7.66. The van der Waals surface area contributed by atoms with Crippen molar-refractivity contribution in [3.8, 4) is 0 Å². The van der Waals surface area contributed by atoms with E-state index in [4.69, 9.17) is 5.73 Å². The summed E-state index contributed by atoms with van der Waals surface area (Å²) >= 11 is 2.40. The van der Waals surface area contributed by atoms with Gasteiger partial charge in [0.05, 0.1) is 17.0 Å². The largest absolute Gasteiger partial charge is 0.465 e. The number of nitrogens with two attached hydrogens (primary N) is 1. The minimum absolute atomic E-state index is 0.0136. The molecule has 0 atom stereocenters. The molecule has 17 heavy (non-hydrogen) atoms. The Hall–Kier alpha value is -0.730. The average molecular weight is 295 g/mol. The smallest absolute Gasteiger partial charge is 0.350 e. The minimum Gasteiger partial charge on any atom is -0.465 e. The number of thiophene rings is 1. The molecule has 0 spiro atoms. The number of carbonyl (C=O) groups is 1. The number of thioether (sulfide) groups is 1. The van der Waals surface area contributed by atoms with Crippen molar-refractivity contribution in [3.05, 3.63) is 4.88 Å². The highest BCUT2D eigenvalue weighted by Gasteiger charge is 2.27. The molecule has 0 aliphatic carbocycles. The second-order valence-electron chi connectivity index (χ2n) is 3.16. The van der Waals surface area contributed by atoms with Crippen molar-refractivity contribution in [1.82, 2.24) is 0 Å². The normalized spacial score (nSPS) is 11.5. The van der Waals surface area contributed by atoms with Gasteiger partial charge in [-0.1, -0.05) is 6.92 Å². The number of anilines is 1. The van der Waals surface area contributed by atoms with Gasteiger partial charge < -0.3 is 10.5 Å². The van der Waals surface area contributed by atoms with Gasteiger partial charge in [-0.2, -0.15) is 0 Å². The highest BCUT2D eigenvalue weighted by atomic mass is 32.2. The molecule has 0 aliphatic heterocycles. The number of hydrogen-bond donors (Lipinski definition) is 1. The molecular weight excluding hydrogens is 282 g/mol. The van der Waals surface area contributed by atoms with Crippen LogP contribution < -0.4 is 5.73 Å². The highest BCUT2D eigenvalue weighted by Crippen LogP contribution is 2.41. The Labute approximate surface area is 108 Å². The topological polar surface area (TPSA) is 86.5 Å². The van der Waals surface area contributed by atoms with E-state index in [1.54, 1.807) is 0 Å². The first kappa shape index (κ1) is 14.3. The lowest BCUT2D eigenvalue weighted by atomic mass is 10.4. The lowest BCUT2D eigenvalue weighted by Crippen LogP contribution is -2.05. The van der Waals surface area contributed by atoms with Gasteiger partial charge in [0.25, 0.3) is 0 Å². The summed E-state index contributed by atoms with van der Waals surface area (Å²) in [6.07, 6.45) is 1.08. The fourth-order valence-corrected chi connectivity index (χ4v) is 5.42. The molecule has 0 aromatic carbocycles. The zero-order valence-electron chi connectivity index (χ0n) is 9.64. The van der Waals surface area contributed by atoms with Gasteiger partial charge in [-0.15, -0.1) is 23.1 Å². The van der Waals surface area contributed by atoms with Crippen molar-refractivity contribution in [2.45, 2.75) is 16.0 Å². The molecule has 1 rings (SSSR count). The predicted molar refractivity (Wildman–Crippen MR) is 69.6 cm³/mol. The molecule has 0 aliphatic rings. The van der Waals surface area contributed by atoms with Gasteiger partial charge in [0.1, 0.15) is 9.77 Å². The van der Waals surface area contributed by atoms with Crippen LogP contribution in [-0.4, -0.2) is 33.5 Å². The monoisotopic (exact) mass is 295 g/mol. The number of carbonyl (C=O) groups excluding carboxylic acids is 1. The van der Waals surface area contributed by atoms with E-state index in [-0.39, 0.29) is 15.5 Å². The molecule has 2 N–H and O–H groups in total. The van der Waals surface area contributed by atoms with Crippen LogP contribution in [0.15, 0.2) is 9.10 Å². The van der Waals surface area contributed by atoms with Crippen molar-refractivity contribution in [3.63, 3.8) is 0 Å². The number of hydrogen-bond acceptors (Lipinski definition) is 7. The van der Waals surface area contributed by atoms with E-state index in [1.165, 1.54) is 18.9 Å². The van der Waals surface area contributed by atoms with E-state index < -0.39 is 15.8 Å². The van der Waals surface area contributed by atoms with Crippen LogP contribution in [0, 0.1) is 0 Å². The van der Waals surface area contributed by atoms with Gasteiger partial charge in [0.15, 0.2) is 9.84 Å². The van der Waals surface area contributed by atoms with E-state index in [0.717, 1.165) is 17.6 Å². The van der Waals surface area contributed by atoms with Gasteiger partial charge in [-0.05, 0) is 5.75 Å². The standard InChI is InChI=1S/C9H13NO4S3/c1-4-15-9-7(17(3,12)13)5(10)6(16-9)8(11)14-2/h4,10H2,1-3H3. The molecule has 0 radical (unpaired) electrons. The number of esters is 1. The molecule has 8 heteroatoms. The predicted octanol–water partition coefficient (Wildman–Crippen LogP) is 1.63. The van der Waals surface area contributed by atoms with Crippen LogP contribution in [0.5, 0.6) is 0 Å².